The molecule has 0 saturated heterocycles. The molecule has 1 aromatic rings. The second-order valence-electron chi connectivity index (χ2n) is 4.25. The van der Waals surface area contributed by atoms with E-state index >= 15 is 0 Å². The summed E-state index contributed by atoms with van der Waals surface area (Å²) in [5, 5.41) is 0. The minimum Gasteiger partial charge on any atom is -0.466 e. The van der Waals surface area contributed by atoms with Crippen molar-refractivity contribution in [3.63, 3.8) is 0 Å². The van der Waals surface area contributed by atoms with Gasteiger partial charge in [-0.05, 0) is 12.5 Å². The summed E-state index contributed by atoms with van der Waals surface area (Å²) in [5.74, 6) is -1.65. The molecule has 0 radical (unpaired) electrons. The summed E-state index contributed by atoms with van der Waals surface area (Å²) in [7, 11) is 3.11. The van der Waals surface area contributed by atoms with Crippen LogP contribution in [0.2, 0.25) is 0 Å². The number of carbonyl (C=O) groups is 1. The number of hydrogen-bond donors (Lipinski definition) is 0. The predicted molar refractivity (Wildman–Crippen MR) is 66.1 cm³/mol. The van der Waals surface area contributed by atoms with Crippen LogP contribution in [0, 0.1) is 5.92 Å². The Morgan fingerprint density at radius 3 is 2.33 bits per heavy atom. The van der Waals surface area contributed by atoms with Crippen LogP contribution in [-0.4, -0.2) is 32.6 Å². The molecule has 2 atom stereocenters. The summed E-state index contributed by atoms with van der Waals surface area (Å²) < 4.78 is 15.9. The smallest absolute Gasteiger partial charge is 0.315 e. The van der Waals surface area contributed by atoms with Crippen LogP contribution in [0.15, 0.2) is 30.3 Å². The lowest BCUT2D eigenvalue weighted by Crippen LogP contribution is -2.23. The average molecular weight is 250 g/mol. The van der Waals surface area contributed by atoms with Gasteiger partial charge in [0.1, 0.15) is 5.92 Å². The second kappa shape index (κ2) is 5.08. The van der Waals surface area contributed by atoms with E-state index in [1.54, 1.807) is 21.1 Å². The Morgan fingerprint density at radius 1 is 1.22 bits per heavy atom. The van der Waals surface area contributed by atoms with Crippen molar-refractivity contribution in [1.29, 1.82) is 0 Å². The highest BCUT2D eigenvalue weighted by Gasteiger charge is 2.72. The number of benzene rings is 1. The van der Waals surface area contributed by atoms with Gasteiger partial charge in [-0.15, -0.1) is 0 Å². The van der Waals surface area contributed by atoms with E-state index in [0.717, 1.165) is 5.56 Å². The minimum atomic E-state index is -0.881. The van der Waals surface area contributed by atoms with Crippen LogP contribution in [-0.2, 0) is 19.0 Å². The number of methoxy groups -OCH3 is 2. The third-order valence-electron chi connectivity index (χ3n) is 3.43. The van der Waals surface area contributed by atoms with Crippen molar-refractivity contribution in [2.75, 3.05) is 20.8 Å². The molecule has 2 unspecified atom stereocenters. The first kappa shape index (κ1) is 13.1. The Morgan fingerprint density at radius 2 is 1.83 bits per heavy atom. The topological polar surface area (TPSA) is 44.8 Å². The Balaban J connectivity index is 2.26. The lowest BCUT2D eigenvalue weighted by molar-refractivity contribution is -0.166. The molecule has 1 saturated carbocycles. The third-order valence-corrected chi connectivity index (χ3v) is 3.43. The number of rotatable bonds is 5. The fourth-order valence-electron chi connectivity index (χ4n) is 2.55. The van der Waals surface area contributed by atoms with Gasteiger partial charge in [0.05, 0.1) is 12.5 Å². The molecular formula is C14H18O4. The molecule has 0 bridgehead atoms. The van der Waals surface area contributed by atoms with E-state index < -0.39 is 11.7 Å². The SMILES string of the molecule is CCOC(=O)C1C(c2ccccc2)C1(OC)OC. The highest BCUT2D eigenvalue weighted by atomic mass is 16.7. The van der Waals surface area contributed by atoms with Crippen LogP contribution in [0.25, 0.3) is 0 Å². The van der Waals surface area contributed by atoms with E-state index in [-0.39, 0.29) is 11.9 Å². The van der Waals surface area contributed by atoms with E-state index in [9.17, 15) is 4.79 Å². The first-order valence-corrected chi connectivity index (χ1v) is 6.03. The minimum absolute atomic E-state index is 0.104. The highest BCUT2D eigenvalue weighted by Crippen LogP contribution is 2.60. The van der Waals surface area contributed by atoms with Crippen LogP contribution in [0.4, 0.5) is 0 Å². The van der Waals surface area contributed by atoms with E-state index in [0.29, 0.717) is 6.61 Å². The molecule has 4 heteroatoms. The third kappa shape index (κ3) is 1.91. The normalized spacial score (nSPS) is 24.6. The molecule has 1 aliphatic carbocycles. The first-order valence-electron chi connectivity index (χ1n) is 6.03. The monoisotopic (exact) mass is 250 g/mol. The lowest BCUT2D eigenvalue weighted by Gasteiger charge is -2.14. The molecule has 0 aromatic heterocycles. The maximum absolute atomic E-state index is 11.9. The largest absolute Gasteiger partial charge is 0.466 e. The van der Waals surface area contributed by atoms with Crippen LogP contribution in [0.5, 0.6) is 0 Å². The zero-order valence-corrected chi connectivity index (χ0v) is 10.9. The van der Waals surface area contributed by atoms with Gasteiger partial charge >= 0.3 is 5.97 Å². The van der Waals surface area contributed by atoms with Crippen molar-refractivity contribution in [2.24, 2.45) is 5.92 Å². The van der Waals surface area contributed by atoms with Gasteiger partial charge in [-0.2, -0.15) is 0 Å². The second-order valence-corrected chi connectivity index (χ2v) is 4.25. The summed E-state index contributed by atoms with van der Waals surface area (Å²) in [6.45, 7) is 2.15. The van der Waals surface area contributed by atoms with Crippen molar-refractivity contribution in [2.45, 2.75) is 18.6 Å². The molecule has 98 valence electrons. The molecule has 2 rings (SSSR count). The molecule has 1 fully saturated rings. The van der Waals surface area contributed by atoms with E-state index in [1.807, 2.05) is 30.3 Å². The van der Waals surface area contributed by atoms with Crippen molar-refractivity contribution < 1.29 is 19.0 Å². The fraction of sp³-hybridized carbons (Fsp3) is 0.500. The van der Waals surface area contributed by atoms with Crippen molar-refractivity contribution >= 4 is 5.97 Å². The maximum Gasteiger partial charge on any atom is 0.315 e. The first-order chi connectivity index (χ1) is 8.71. The molecule has 1 aromatic carbocycles. The summed E-state index contributed by atoms with van der Waals surface area (Å²) in [6.07, 6.45) is 0. The van der Waals surface area contributed by atoms with Crippen molar-refractivity contribution in [3.8, 4) is 0 Å². The molecule has 0 amide bonds. The summed E-state index contributed by atoms with van der Waals surface area (Å²) in [6, 6.07) is 9.75. The molecule has 0 aliphatic heterocycles. The molecule has 0 heterocycles. The Hall–Kier alpha value is -1.39. The van der Waals surface area contributed by atoms with Crippen molar-refractivity contribution in [3.05, 3.63) is 35.9 Å². The van der Waals surface area contributed by atoms with Gasteiger partial charge in [0.25, 0.3) is 0 Å². The molecular weight excluding hydrogens is 232 g/mol. The Bertz CT molecular complexity index is 411. The van der Waals surface area contributed by atoms with Gasteiger partial charge in [0.2, 0.25) is 0 Å². The zero-order chi connectivity index (χ0) is 13.2. The van der Waals surface area contributed by atoms with Gasteiger partial charge in [-0.25, -0.2) is 0 Å². The highest BCUT2D eigenvalue weighted by molar-refractivity contribution is 5.80. The van der Waals surface area contributed by atoms with Crippen LogP contribution >= 0.6 is 0 Å². The van der Waals surface area contributed by atoms with Crippen LogP contribution in [0.1, 0.15) is 18.4 Å². The summed E-state index contributed by atoms with van der Waals surface area (Å²) in [5.41, 5.74) is 1.03. The Labute approximate surface area is 107 Å². The lowest BCUT2D eigenvalue weighted by atomic mass is 10.1. The fourth-order valence-corrected chi connectivity index (χ4v) is 2.55. The van der Waals surface area contributed by atoms with Gasteiger partial charge in [0, 0.05) is 14.2 Å². The summed E-state index contributed by atoms with van der Waals surface area (Å²) >= 11 is 0. The molecule has 1 aliphatic rings. The molecule has 0 N–H and O–H groups in total. The molecule has 18 heavy (non-hydrogen) atoms. The average Bonchev–Trinajstić information content (AvgIpc) is 3.09. The molecule has 0 spiro atoms. The van der Waals surface area contributed by atoms with Crippen LogP contribution < -0.4 is 0 Å². The number of esters is 1. The maximum atomic E-state index is 11.9. The number of hydrogen-bond acceptors (Lipinski definition) is 4. The number of carbonyl (C=O) groups excluding carboxylic acids is 1. The Kier molecular flexibility index (Phi) is 3.68. The van der Waals surface area contributed by atoms with Crippen LogP contribution in [0.3, 0.4) is 0 Å². The predicted octanol–water partition coefficient (Wildman–Crippen LogP) is 1.95. The zero-order valence-electron chi connectivity index (χ0n) is 10.9. The standard InChI is InChI=1S/C14H18O4/c1-4-18-13(15)12-11(14(12,16-2)17-3)10-8-6-5-7-9-10/h5-9,11-12H,4H2,1-3H3. The van der Waals surface area contributed by atoms with Gasteiger partial charge in [0.15, 0.2) is 5.79 Å². The van der Waals surface area contributed by atoms with Gasteiger partial charge < -0.3 is 14.2 Å². The van der Waals surface area contributed by atoms with E-state index in [2.05, 4.69) is 0 Å². The summed E-state index contributed by atoms with van der Waals surface area (Å²) in [4.78, 5) is 11.9. The van der Waals surface area contributed by atoms with Gasteiger partial charge in [-0.3, -0.25) is 4.79 Å². The van der Waals surface area contributed by atoms with Crippen molar-refractivity contribution in [1.82, 2.24) is 0 Å². The molecule has 4 nitrogen and oxygen atoms in total. The van der Waals surface area contributed by atoms with E-state index in [4.69, 9.17) is 14.2 Å². The van der Waals surface area contributed by atoms with Gasteiger partial charge in [-0.1, -0.05) is 30.3 Å². The number of ether oxygens (including phenoxy) is 3. The quantitative estimate of drug-likeness (QED) is 0.592. The van der Waals surface area contributed by atoms with E-state index in [1.165, 1.54) is 0 Å².